The van der Waals surface area contributed by atoms with Gasteiger partial charge in [-0.15, -0.1) is 0 Å². The van der Waals surface area contributed by atoms with E-state index in [1.54, 1.807) is 0 Å². The third-order valence-electron chi connectivity index (χ3n) is 5.80. The maximum atomic E-state index is 12.1. The molecule has 1 atom stereocenters. The molecule has 0 radical (unpaired) electrons. The number of carbonyl (C=O) groups excluding carboxylic acids is 3. The Morgan fingerprint density at radius 1 is 1.03 bits per heavy atom. The number of hydrogen-bond acceptors (Lipinski definition) is 5. The smallest absolute Gasteiger partial charge is 0.249 e. The zero-order valence-corrected chi connectivity index (χ0v) is 17.8. The zero-order chi connectivity index (χ0) is 21.2. The fourth-order valence-electron chi connectivity index (χ4n) is 4.04. The summed E-state index contributed by atoms with van der Waals surface area (Å²) in [5.41, 5.74) is 1.87. The Hall–Kier alpha value is -2.57. The number of likely N-dealkylation sites (tertiary alicyclic amines) is 1. The third-order valence-corrected chi connectivity index (χ3v) is 5.80. The first-order valence-corrected chi connectivity index (χ1v) is 11.3. The maximum absolute atomic E-state index is 12.1. The van der Waals surface area contributed by atoms with Crippen LogP contribution in [0.1, 0.15) is 64.2 Å². The number of amides is 3. The Bertz CT molecular complexity index is 731. The van der Waals surface area contributed by atoms with Crippen molar-refractivity contribution in [3.05, 3.63) is 24.3 Å². The summed E-state index contributed by atoms with van der Waals surface area (Å²) in [7, 11) is 0. The van der Waals surface area contributed by atoms with E-state index in [2.05, 4.69) is 16.0 Å². The first-order valence-electron chi connectivity index (χ1n) is 11.3. The predicted molar refractivity (Wildman–Crippen MR) is 118 cm³/mol. The molecule has 1 unspecified atom stereocenters. The Labute approximate surface area is 179 Å². The minimum absolute atomic E-state index is 0.204. The molecule has 2 aliphatic heterocycles. The molecule has 3 N–H and O–H groups in total. The van der Waals surface area contributed by atoms with Gasteiger partial charge in [-0.2, -0.15) is 0 Å². The lowest BCUT2D eigenvalue weighted by molar-refractivity contribution is -0.134. The Kier molecular flexibility index (Phi) is 8.53. The highest BCUT2D eigenvalue weighted by atomic mass is 16.2. The molecule has 3 amide bonds. The van der Waals surface area contributed by atoms with Gasteiger partial charge in [0.05, 0.1) is 0 Å². The van der Waals surface area contributed by atoms with Crippen molar-refractivity contribution in [1.82, 2.24) is 10.2 Å². The van der Waals surface area contributed by atoms with E-state index < -0.39 is 0 Å². The molecular weight excluding hydrogens is 380 g/mol. The summed E-state index contributed by atoms with van der Waals surface area (Å²) in [4.78, 5) is 37.3. The summed E-state index contributed by atoms with van der Waals surface area (Å²) < 4.78 is 0. The number of anilines is 2. The number of rotatable bonds is 10. The standard InChI is InChI=1S/C23H34N4O3/c28-21-13-12-20(23(30)26-21)25-19-10-8-9-18(17-19)24-14-5-2-1-4-11-22(29)27-15-6-3-7-16-27/h8-10,17,20,24-25H,1-7,11-16H2,(H,26,28,30). The van der Waals surface area contributed by atoms with Crippen LogP contribution in [0.5, 0.6) is 0 Å². The van der Waals surface area contributed by atoms with E-state index in [9.17, 15) is 14.4 Å². The Balaban J connectivity index is 1.29. The second-order valence-electron chi connectivity index (χ2n) is 8.26. The summed E-state index contributed by atoms with van der Waals surface area (Å²) in [6, 6.07) is 7.50. The summed E-state index contributed by atoms with van der Waals surface area (Å²) in [6.07, 6.45) is 9.35. The highest BCUT2D eigenvalue weighted by Crippen LogP contribution is 2.19. The molecule has 0 saturated carbocycles. The molecule has 30 heavy (non-hydrogen) atoms. The van der Waals surface area contributed by atoms with Crippen LogP contribution in [0.15, 0.2) is 24.3 Å². The largest absolute Gasteiger partial charge is 0.385 e. The van der Waals surface area contributed by atoms with Gasteiger partial charge in [-0.1, -0.05) is 18.9 Å². The van der Waals surface area contributed by atoms with Gasteiger partial charge in [-0.25, -0.2) is 0 Å². The molecule has 2 saturated heterocycles. The second-order valence-corrected chi connectivity index (χ2v) is 8.26. The van der Waals surface area contributed by atoms with Gasteiger partial charge in [-0.05, 0) is 56.7 Å². The SMILES string of the molecule is O=C1CCC(Nc2cccc(NCCCCCCC(=O)N3CCCCC3)c2)C(=O)N1. The number of imide groups is 1. The minimum atomic E-state index is -0.370. The van der Waals surface area contributed by atoms with Crippen LogP contribution in [0.3, 0.4) is 0 Å². The molecule has 3 rings (SSSR count). The normalized spacial score (nSPS) is 19.3. The van der Waals surface area contributed by atoms with E-state index in [1.807, 2.05) is 29.2 Å². The lowest BCUT2D eigenvalue weighted by Gasteiger charge is -2.26. The molecule has 0 aliphatic carbocycles. The lowest BCUT2D eigenvalue weighted by atomic mass is 10.1. The topological polar surface area (TPSA) is 90.5 Å². The molecule has 1 aromatic carbocycles. The molecule has 0 aromatic heterocycles. The highest BCUT2D eigenvalue weighted by molar-refractivity contribution is 6.01. The van der Waals surface area contributed by atoms with Crippen molar-refractivity contribution in [2.24, 2.45) is 0 Å². The quantitative estimate of drug-likeness (QED) is 0.404. The monoisotopic (exact) mass is 414 g/mol. The van der Waals surface area contributed by atoms with Gasteiger partial charge in [-0.3, -0.25) is 19.7 Å². The van der Waals surface area contributed by atoms with Crippen molar-refractivity contribution in [1.29, 1.82) is 0 Å². The molecule has 1 aromatic rings. The zero-order valence-electron chi connectivity index (χ0n) is 17.8. The summed E-state index contributed by atoms with van der Waals surface area (Å²) in [5.74, 6) is -0.138. The fraction of sp³-hybridized carbons (Fsp3) is 0.609. The van der Waals surface area contributed by atoms with Crippen molar-refractivity contribution < 1.29 is 14.4 Å². The average Bonchev–Trinajstić information content (AvgIpc) is 2.76. The van der Waals surface area contributed by atoms with Crippen LogP contribution in [-0.2, 0) is 14.4 Å². The van der Waals surface area contributed by atoms with Gasteiger partial charge in [0.1, 0.15) is 6.04 Å². The van der Waals surface area contributed by atoms with Crippen LogP contribution in [-0.4, -0.2) is 48.3 Å². The molecule has 0 bridgehead atoms. The van der Waals surface area contributed by atoms with Gasteiger partial charge < -0.3 is 15.5 Å². The number of unbranched alkanes of at least 4 members (excludes halogenated alkanes) is 3. The van der Waals surface area contributed by atoms with Gasteiger partial charge in [0.25, 0.3) is 0 Å². The summed E-state index contributed by atoms with van der Waals surface area (Å²) in [5, 5.41) is 9.00. The Morgan fingerprint density at radius 3 is 2.60 bits per heavy atom. The van der Waals surface area contributed by atoms with E-state index in [0.29, 0.717) is 25.2 Å². The first kappa shape index (κ1) is 22.1. The van der Waals surface area contributed by atoms with Crippen molar-refractivity contribution >= 4 is 29.1 Å². The van der Waals surface area contributed by atoms with E-state index in [4.69, 9.17) is 0 Å². The predicted octanol–water partition coefficient (Wildman–Crippen LogP) is 3.28. The molecule has 7 heteroatoms. The fourth-order valence-corrected chi connectivity index (χ4v) is 4.04. The van der Waals surface area contributed by atoms with E-state index in [0.717, 1.165) is 69.5 Å². The first-order chi connectivity index (χ1) is 14.6. The number of hydrogen-bond donors (Lipinski definition) is 3. The average molecular weight is 415 g/mol. The van der Waals surface area contributed by atoms with E-state index >= 15 is 0 Å². The second kappa shape index (κ2) is 11.6. The number of piperidine rings is 2. The lowest BCUT2D eigenvalue weighted by Crippen LogP contribution is -2.47. The van der Waals surface area contributed by atoms with Crippen LogP contribution in [0.25, 0.3) is 0 Å². The van der Waals surface area contributed by atoms with E-state index in [-0.39, 0.29) is 17.9 Å². The van der Waals surface area contributed by atoms with Crippen LogP contribution in [0.4, 0.5) is 11.4 Å². The highest BCUT2D eigenvalue weighted by Gasteiger charge is 2.26. The molecule has 2 heterocycles. The van der Waals surface area contributed by atoms with Gasteiger partial charge >= 0.3 is 0 Å². The van der Waals surface area contributed by atoms with Gasteiger partial charge in [0, 0.05) is 43.9 Å². The van der Waals surface area contributed by atoms with Gasteiger partial charge in [0.2, 0.25) is 17.7 Å². The van der Waals surface area contributed by atoms with Crippen LogP contribution >= 0.6 is 0 Å². The molecule has 2 aliphatic rings. The van der Waals surface area contributed by atoms with Crippen molar-refractivity contribution in [2.75, 3.05) is 30.3 Å². The third kappa shape index (κ3) is 7.04. The molecular formula is C23H34N4O3. The summed E-state index contributed by atoms with van der Waals surface area (Å²) >= 11 is 0. The number of nitrogens with one attached hydrogen (secondary N) is 3. The van der Waals surface area contributed by atoms with Crippen molar-refractivity contribution in [2.45, 2.75) is 70.3 Å². The van der Waals surface area contributed by atoms with Crippen LogP contribution in [0.2, 0.25) is 0 Å². The van der Waals surface area contributed by atoms with Crippen molar-refractivity contribution in [3.8, 4) is 0 Å². The number of nitrogens with zero attached hydrogens (tertiary/aromatic N) is 1. The molecule has 7 nitrogen and oxygen atoms in total. The molecule has 164 valence electrons. The van der Waals surface area contributed by atoms with Gasteiger partial charge in [0.15, 0.2) is 0 Å². The molecule has 0 spiro atoms. The number of benzene rings is 1. The van der Waals surface area contributed by atoms with E-state index in [1.165, 1.54) is 6.42 Å². The van der Waals surface area contributed by atoms with Crippen LogP contribution < -0.4 is 16.0 Å². The number of carbonyl (C=O) groups is 3. The maximum Gasteiger partial charge on any atom is 0.249 e. The van der Waals surface area contributed by atoms with Crippen LogP contribution in [0, 0.1) is 0 Å². The minimum Gasteiger partial charge on any atom is -0.385 e. The Morgan fingerprint density at radius 2 is 1.80 bits per heavy atom. The molecule has 2 fully saturated rings. The van der Waals surface area contributed by atoms with Crippen molar-refractivity contribution in [3.63, 3.8) is 0 Å². The summed E-state index contributed by atoms with van der Waals surface area (Å²) in [6.45, 7) is 2.77.